The van der Waals surface area contributed by atoms with Crippen molar-refractivity contribution < 1.29 is 27.1 Å². The van der Waals surface area contributed by atoms with Crippen LogP contribution in [-0.2, 0) is 6.54 Å². The van der Waals surface area contributed by atoms with Crippen molar-refractivity contribution in [1.82, 2.24) is 0 Å². The minimum atomic E-state index is -2.21. The molecule has 0 aliphatic rings. The smallest absolute Gasteiger partial charge is 0.200 e. The molecule has 0 unspecified atom stereocenters. The Hall–Kier alpha value is -2.31. The molecule has 21 heavy (non-hydrogen) atoms. The van der Waals surface area contributed by atoms with E-state index in [-0.39, 0.29) is 17.9 Å². The lowest BCUT2D eigenvalue weighted by atomic mass is 10.1. The number of aromatic hydroxyl groups is 1. The van der Waals surface area contributed by atoms with E-state index in [4.69, 9.17) is 0 Å². The standard InChI is InChI=1S/C14H10F5NO/c1-6-2-3-8(21)7(4-6)5-20-14-12(18)10(16)9(15)11(17)13(14)19/h2-4,20-21H,5H2,1H3. The third-order valence-corrected chi connectivity index (χ3v) is 2.90. The van der Waals surface area contributed by atoms with Crippen molar-refractivity contribution in [3.63, 3.8) is 0 Å². The summed E-state index contributed by atoms with van der Waals surface area (Å²) in [6, 6.07) is 4.50. The zero-order valence-electron chi connectivity index (χ0n) is 10.8. The molecule has 0 saturated heterocycles. The summed E-state index contributed by atoms with van der Waals surface area (Å²) in [6.07, 6.45) is 0. The third-order valence-electron chi connectivity index (χ3n) is 2.90. The van der Waals surface area contributed by atoms with E-state index in [0.717, 1.165) is 5.56 Å². The maximum Gasteiger partial charge on any atom is 0.200 e. The Morgan fingerprint density at radius 3 is 2.00 bits per heavy atom. The molecule has 0 spiro atoms. The number of phenols is 1. The summed E-state index contributed by atoms with van der Waals surface area (Å²) in [7, 11) is 0. The Morgan fingerprint density at radius 2 is 1.43 bits per heavy atom. The zero-order chi connectivity index (χ0) is 15.7. The number of anilines is 1. The molecule has 0 aliphatic heterocycles. The van der Waals surface area contributed by atoms with Gasteiger partial charge in [-0.2, -0.15) is 0 Å². The highest BCUT2D eigenvalue weighted by atomic mass is 19.2. The molecular formula is C14H10F5NO. The van der Waals surface area contributed by atoms with E-state index in [1.54, 1.807) is 13.0 Å². The van der Waals surface area contributed by atoms with Crippen LogP contribution in [0.4, 0.5) is 27.6 Å². The molecule has 0 heterocycles. The largest absolute Gasteiger partial charge is 0.508 e. The van der Waals surface area contributed by atoms with Gasteiger partial charge in [0.2, 0.25) is 5.82 Å². The van der Waals surface area contributed by atoms with Crippen molar-refractivity contribution in [1.29, 1.82) is 0 Å². The summed E-state index contributed by atoms with van der Waals surface area (Å²) >= 11 is 0. The maximum absolute atomic E-state index is 13.4. The van der Waals surface area contributed by atoms with Crippen LogP contribution in [0.1, 0.15) is 11.1 Å². The number of phenolic OH excluding ortho intramolecular Hbond substituents is 1. The van der Waals surface area contributed by atoms with E-state index in [9.17, 15) is 27.1 Å². The van der Waals surface area contributed by atoms with Gasteiger partial charge in [0.1, 0.15) is 11.4 Å². The summed E-state index contributed by atoms with van der Waals surface area (Å²) in [4.78, 5) is 0. The number of hydrogen-bond acceptors (Lipinski definition) is 2. The lowest BCUT2D eigenvalue weighted by molar-refractivity contribution is 0.381. The lowest BCUT2D eigenvalue weighted by Crippen LogP contribution is -2.10. The molecule has 0 radical (unpaired) electrons. The molecule has 2 N–H and O–H groups in total. The van der Waals surface area contributed by atoms with E-state index < -0.39 is 34.8 Å². The van der Waals surface area contributed by atoms with Crippen molar-refractivity contribution in [2.75, 3.05) is 5.32 Å². The molecule has 2 aromatic carbocycles. The molecular weight excluding hydrogens is 293 g/mol. The molecule has 0 amide bonds. The van der Waals surface area contributed by atoms with Crippen LogP contribution < -0.4 is 5.32 Å². The third kappa shape index (κ3) is 2.76. The molecule has 0 atom stereocenters. The number of nitrogens with one attached hydrogen (secondary N) is 1. The van der Waals surface area contributed by atoms with Gasteiger partial charge in [-0.05, 0) is 13.0 Å². The first-order valence-electron chi connectivity index (χ1n) is 5.86. The fourth-order valence-electron chi connectivity index (χ4n) is 1.80. The van der Waals surface area contributed by atoms with Crippen LogP contribution in [0, 0.1) is 36.0 Å². The summed E-state index contributed by atoms with van der Waals surface area (Å²) in [5.74, 6) is -10.3. The van der Waals surface area contributed by atoms with Crippen molar-refractivity contribution in [3.05, 3.63) is 58.4 Å². The molecule has 0 saturated carbocycles. The number of benzene rings is 2. The SMILES string of the molecule is Cc1ccc(O)c(CNc2c(F)c(F)c(F)c(F)c2F)c1. The topological polar surface area (TPSA) is 32.3 Å². The monoisotopic (exact) mass is 303 g/mol. The normalized spacial score (nSPS) is 10.8. The van der Waals surface area contributed by atoms with Gasteiger partial charge in [0.15, 0.2) is 23.3 Å². The fourth-order valence-corrected chi connectivity index (χ4v) is 1.80. The maximum atomic E-state index is 13.4. The first-order valence-corrected chi connectivity index (χ1v) is 5.86. The van der Waals surface area contributed by atoms with Crippen LogP contribution in [0.3, 0.4) is 0 Å². The molecule has 2 aromatic rings. The molecule has 7 heteroatoms. The van der Waals surface area contributed by atoms with Crippen LogP contribution in [-0.4, -0.2) is 5.11 Å². The van der Waals surface area contributed by atoms with Crippen LogP contribution in [0.25, 0.3) is 0 Å². The first kappa shape index (κ1) is 15.1. The van der Waals surface area contributed by atoms with Crippen molar-refractivity contribution in [3.8, 4) is 5.75 Å². The Bertz CT molecular complexity index is 673. The second-order valence-electron chi connectivity index (χ2n) is 4.43. The molecule has 112 valence electrons. The first-order chi connectivity index (χ1) is 9.82. The number of hydrogen-bond donors (Lipinski definition) is 2. The summed E-state index contributed by atoms with van der Waals surface area (Å²) < 4.78 is 65.8. The highest BCUT2D eigenvalue weighted by Gasteiger charge is 2.25. The van der Waals surface area contributed by atoms with Crippen molar-refractivity contribution in [2.24, 2.45) is 0 Å². The Morgan fingerprint density at radius 1 is 0.905 bits per heavy atom. The summed E-state index contributed by atoms with van der Waals surface area (Å²) in [5.41, 5.74) is -0.103. The van der Waals surface area contributed by atoms with E-state index >= 15 is 0 Å². The average Bonchev–Trinajstić information content (AvgIpc) is 2.46. The second kappa shape index (κ2) is 5.59. The van der Waals surface area contributed by atoms with Gasteiger partial charge in [-0.1, -0.05) is 17.7 Å². The van der Waals surface area contributed by atoms with Crippen LogP contribution in [0.15, 0.2) is 18.2 Å². The van der Waals surface area contributed by atoms with E-state index in [2.05, 4.69) is 5.32 Å². The minimum absolute atomic E-state index is 0.156. The van der Waals surface area contributed by atoms with Crippen molar-refractivity contribution in [2.45, 2.75) is 13.5 Å². The lowest BCUT2D eigenvalue weighted by Gasteiger charge is -2.12. The van der Waals surface area contributed by atoms with Gasteiger partial charge in [0, 0.05) is 12.1 Å². The molecule has 0 aromatic heterocycles. The van der Waals surface area contributed by atoms with Crippen LogP contribution >= 0.6 is 0 Å². The Balaban J connectivity index is 2.35. The predicted octanol–water partition coefficient (Wildman–Crippen LogP) is 4.01. The molecule has 0 aliphatic carbocycles. The average molecular weight is 303 g/mol. The van der Waals surface area contributed by atoms with Crippen molar-refractivity contribution >= 4 is 5.69 Å². The summed E-state index contributed by atoms with van der Waals surface area (Å²) in [5, 5.41) is 11.7. The van der Waals surface area contributed by atoms with Gasteiger partial charge >= 0.3 is 0 Å². The molecule has 0 fully saturated rings. The highest BCUT2D eigenvalue weighted by Crippen LogP contribution is 2.28. The second-order valence-corrected chi connectivity index (χ2v) is 4.43. The predicted molar refractivity (Wildman–Crippen MR) is 66.4 cm³/mol. The molecule has 0 bridgehead atoms. The van der Waals surface area contributed by atoms with Gasteiger partial charge < -0.3 is 10.4 Å². The van der Waals surface area contributed by atoms with Gasteiger partial charge in [-0.3, -0.25) is 0 Å². The number of rotatable bonds is 3. The Kier molecular flexibility index (Phi) is 4.02. The Labute approximate surface area is 116 Å². The highest BCUT2D eigenvalue weighted by molar-refractivity contribution is 5.49. The number of halogens is 5. The van der Waals surface area contributed by atoms with E-state index in [0.29, 0.717) is 0 Å². The molecule has 2 nitrogen and oxygen atoms in total. The number of aryl methyl sites for hydroxylation is 1. The fraction of sp³-hybridized carbons (Fsp3) is 0.143. The van der Waals surface area contributed by atoms with Crippen LogP contribution in [0.5, 0.6) is 5.75 Å². The van der Waals surface area contributed by atoms with E-state index in [1.165, 1.54) is 12.1 Å². The van der Waals surface area contributed by atoms with Gasteiger partial charge in [-0.15, -0.1) is 0 Å². The summed E-state index contributed by atoms with van der Waals surface area (Å²) in [6.45, 7) is 1.42. The molecule has 2 rings (SSSR count). The van der Waals surface area contributed by atoms with Crippen LogP contribution in [0.2, 0.25) is 0 Å². The quantitative estimate of drug-likeness (QED) is 0.510. The minimum Gasteiger partial charge on any atom is -0.508 e. The van der Waals surface area contributed by atoms with Gasteiger partial charge in [0.05, 0.1) is 0 Å². The zero-order valence-corrected chi connectivity index (χ0v) is 10.8. The van der Waals surface area contributed by atoms with E-state index in [1.807, 2.05) is 0 Å². The van der Waals surface area contributed by atoms with Gasteiger partial charge in [0.25, 0.3) is 0 Å². The van der Waals surface area contributed by atoms with Gasteiger partial charge in [-0.25, -0.2) is 22.0 Å².